The molecule has 0 aromatic carbocycles. The molecule has 0 bridgehead atoms. The Morgan fingerprint density at radius 1 is 0.722 bits per heavy atom. The molecule has 0 amide bonds. The van der Waals surface area contributed by atoms with Crippen molar-refractivity contribution in [2.75, 3.05) is 0 Å². The summed E-state index contributed by atoms with van der Waals surface area (Å²) in [6.45, 7) is 15.5. The predicted octanol–water partition coefficient (Wildman–Crippen LogP) is 4.56. The van der Waals surface area contributed by atoms with E-state index in [0.717, 1.165) is 38.5 Å². The van der Waals surface area contributed by atoms with E-state index in [1.807, 2.05) is 24.3 Å². The Bertz CT molecular complexity index is 264. The van der Waals surface area contributed by atoms with Crippen LogP contribution in [0.3, 0.4) is 0 Å². The number of hydrogen-bond donors (Lipinski definition) is 0. The fraction of sp³-hybridized carbons (Fsp3) is 0.529. The highest BCUT2D eigenvalue weighted by molar-refractivity contribution is 5.10. The molecule has 1 saturated heterocycles. The van der Waals surface area contributed by atoms with Crippen molar-refractivity contribution >= 4 is 0 Å². The van der Waals surface area contributed by atoms with Crippen LogP contribution in [-0.4, -0.2) is 11.1 Å². The third kappa shape index (κ3) is 3.46. The van der Waals surface area contributed by atoms with Crippen LogP contribution in [0.25, 0.3) is 0 Å². The summed E-state index contributed by atoms with van der Waals surface area (Å²) in [6.07, 6.45) is 15.2. The zero-order chi connectivity index (χ0) is 13.5. The van der Waals surface area contributed by atoms with Crippen molar-refractivity contribution in [3.63, 3.8) is 0 Å². The Kier molecular flexibility index (Phi) is 5.61. The lowest BCUT2D eigenvalue weighted by atomic mass is 9.73. The van der Waals surface area contributed by atoms with E-state index in [1.54, 1.807) is 0 Å². The second-order valence-electron chi connectivity index (χ2n) is 5.39. The van der Waals surface area contributed by atoms with Crippen LogP contribution >= 0.6 is 0 Å². The van der Waals surface area contributed by atoms with Gasteiger partial charge in [-0.25, -0.2) is 5.32 Å². The van der Waals surface area contributed by atoms with Crippen molar-refractivity contribution in [2.24, 2.45) is 0 Å². The van der Waals surface area contributed by atoms with E-state index < -0.39 is 0 Å². The molecule has 0 spiro atoms. The van der Waals surface area contributed by atoms with Gasteiger partial charge in [0.15, 0.2) is 0 Å². The molecule has 1 nitrogen and oxygen atoms in total. The quantitative estimate of drug-likeness (QED) is 0.556. The number of piperidine rings is 1. The summed E-state index contributed by atoms with van der Waals surface area (Å²) in [5.74, 6) is 0. The van der Waals surface area contributed by atoms with E-state index in [1.165, 1.54) is 6.42 Å². The molecule has 1 radical (unpaired) electrons. The fourth-order valence-electron chi connectivity index (χ4n) is 3.19. The van der Waals surface area contributed by atoms with E-state index in [2.05, 4.69) is 26.3 Å². The zero-order valence-corrected chi connectivity index (χ0v) is 11.5. The Morgan fingerprint density at radius 3 is 1.33 bits per heavy atom. The van der Waals surface area contributed by atoms with E-state index in [0.29, 0.717) is 0 Å². The molecule has 1 aliphatic rings. The van der Waals surface area contributed by atoms with Gasteiger partial charge in [-0.05, 0) is 44.9 Å². The van der Waals surface area contributed by atoms with Crippen LogP contribution in [0, 0.1) is 0 Å². The maximum atomic E-state index is 5.22. The van der Waals surface area contributed by atoms with Crippen LogP contribution in [0.1, 0.15) is 44.9 Å². The zero-order valence-electron chi connectivity index (χ0n) is 11.5. The predicted molar refractivity (Wildman–Crippen MR) is 80.7 cm³/mol. The van der Waals surface area contributed by atoms with Crippen LogP contribution in [0.5, 0.6) is 0 Å². The van der Waals surface area contributed by atoms with Crippen molar-refractivity contribution in [3.05, 3.63) is 50.6 Å². The van der Waals surface area contributed by atoms with Crippen LogP contribution < -0.4 is 5.32 Å². The molecule has 1 aliphatic heterocycles. The molecule has 18 heavy (non-hydrogen) atoms. The first kappa shape index (κ1) is 15.0. The summed E-state index contributed by atoms with van der Waals surface area (Å²) in [4.78, 5) is 0. The third-order valence-electron chi connectivity index (χ3n) is 3.86. The molecule has 1 rings (SSSR count). The van der Waals surface area contributed by atoms with Crippen molar-refractivity contribution in [1.82, 2.24) is 5.32 Å². The highest BCUT2D eigenvalue weighted by Crippen LogP contribution is 2.39. The summed E-state index contributed by atoms with van der Waals surface area (Å²) < 4.78 is 0. The molecule has 1 heterocycles. The molecule has 0 N–H and O–H groups in total. The van der Waals surface area contributed by atoms with Gasteiger partial charge in [-0.1, -0.05) is 24.3 Å². The minimum atomic E-state index is 0.00771. The maximum Gasteiger partial charge on any atom is 0.0432 e. The monoisotopic (exact) mass is 244 g/mol. The van der Waals surface area contributed by atoms with Crippen molar-refractivity contribution < 1.29 is 0 Å². The Balaban J connectivity index is 2.93. The second-order valence-corrected chi connectivity index (χ2v) is 5.39. The summed E-state index contributed by atoms with van der Waals surface area (Å²) in [5, 5.41) is 5.22. The highest BCUT2D eigenvalue weighted by atomic mass is 15.1. The van der Waals surface area contributed by atoms with Crippen molar-refractivity contribution in [2.45, 2.75) is 56.0 Å². The molecule has 0 unspecified atom stereocenters. The Morgan fingerprint density at radius 2 is 1.06 bits per heavy atom. The largest absolute Gasteiger partial charge is 0.227 e. The van der Waals surface area contributed by atoms with Gasteiger partial charge in [0, 0.05) is 11.1 Å². The van der Waals surface area contributed by atoms with E-state index in [-0.39, 0.29) is 11.1 Å². The van der Waals surface area contributed by atoms with Gasteiger partial charge in [0.05, 0.1) is 0 Å². The second kappa shape index (κ2) is 6.75. The maximum absolute atomic E-state index is 5.22. The number of nitrogens with zero attached hydrogens (tertiary/aromatic N) is 1. The normalized spacial score (nSPS) is 20.9. The Labute approximate surface area is 112 Å². The van der Waals surface area contributed by atoms with E-state index in [4.69, 9.17) is 5.32 Å². The topological polar surface area (TPSA) is 14.1 Å². The molecule has 0 aromatic rings. The minimum absolute atomic E-state index is 0.00771. The van der Waals surface area contributed by atoms with E-state index in [9.17, 15) is 0 Å². The lowest BCUT2D eigenvalue weighted by Gasteiger charge is -2.47. The van der Waals surface area contributed by atoms with Crippen molar-refractivity contribution in [3.8, 4) is 0 Å². The van der Waals surface area contributed by atoms with E-state index >= 15 is 0 Å². The minimum Gasteiger partial charge on any atom is -0.227 e. The molecule has 0 saturated carbocycles. The molecule has 1 fully saturated rings. The lowest BCUT2D eigenvalue weighted by molar-refractivity contribution is 0.124. The average molecular weight is 244 g/mol. The summed E-state index contributed by atoms with van der Waals surface area (Å²) >= 11 is 0. The van der Waals surface area contributed by atoms with Gasteiger partial charge in [0.1, 0.15) is 0 Å². The van der Waals surface area contributed by atoms with Crippen LogP contribution in [-0.2, 0) is 0 Å². The molecule has 0 aromatic heterocycles. The van der Waals surface area contributed by atoms with Crippen LogP contribution in [0.4, 0.5) is 0 Å². The molecule has 1 heteroatoms. The SMILES string of the molecule is C=CCC1(CC=C)CCCC(CC=C)(CC=C)[N]1. The number of hydrogen-bond acceptors (Lipinski definition) is 0. The summed E-state index contributed by atoms with van der Waals surface area (Å²) in [5.41, 5.74) is 0.0154. The van der Waals surface area contributed by atoms with Gasteiger partial charge < -0.3 is 0 Å². The molecule has 0 atom stereocenters. The third-order valence-corrected chi connectivity index (χ3v) is 3.86. The molecular formula is C17H26N. The molecular weight excluding hydrogens is 218 g/mol. The molecule has 99 valence electrons. The van der Waals surface area contributed by atoms with Gasteiger partial charge in [-0.15, -0.1) is 26.3 Å². The Hall–Kier alpha value is -1.08. The first-order valence-corrected chi connectivity index (χ1v) is 6.83. The van der Waals surface area contributed by atoms with Gasteiger partial charge in [-0.3, -0.25) is 0 Å². The number of rotatable bonds is 8. The first-order valence-electron chi connectivity index (χ1n) is 6.83. The molecule has 0 aliphatic carbocycles. The van der Waals surface area contributed by atoms with Crippen molar-refractivity contribution in [1.29, 1.82) is 0 Å². The van der Waals surface area contributed by atoms with Gasteiger partial charge in [-0.2, -0.15) is 0 Å². The van der Waals surface area contributed by atoms with Crippen LogP contribution in [0.15, 0.2) is 50.6 Å². The average Bonchev–Trinajstić information content (AvgIpc) is 2.30. The summed E-state index contributed by atoms with van der Waals surface area (Å²) in [7, 11) is 0. The van der Waals surface area contributed by atoms with Gasteiger partial charge >= 0.3 is 0 Å². The highest BCUT2D eigenvalue weighted by Gasteiger charge is 2.42. The first-order chi connectivity index (χ1) is 8.66. The van der Waals surface area contributed by atoms with Gasteiger partial charge in [0.2, 0.25) is 0 Å². The summed E-state index contributed by atoms with van der Waals surface area (Å²) in [6, 6.07) is 0. The standard InChI is InChI=1S/C17H26N/c1-5-10-16(11-6-2)14-9-15-17(18-16,12-7-3)13-8-4/h5-8H,1-4,9-15H2. The van der Waals surface area contributed by atoms with Gasteiger partial charge in [0.25, 0.3) is 0 Å². The fourth-order valence-corrected chi connectivity index (χ4v) is 3.19. The lowest BCUT2D eigenvalue weighted by Crippen LogP contribution is -2.55. The van der Waals surface area contributed by atoms with Crippen LogP contribution in [0.2, 0.25) is 0 Å². The smallest absolute Gasteiger partial charge is 0.0432 e.